The molecule has 1 aliphatic heterocycles. The van der Waals surface area contributed by atoms with Crippen LogP contribution in [0, 0.1) is 18.4 Å². The molecule has 0 aliphatic carbocycles. The first-order valence-corrected chi connectivity index (χ1v) is 5.04. The second kappa shape index (κ2) is 5.14. The highest BCUT2D eigenvalue weighted by Gasteiger charge is 2.21. The molecule has 0 bridgehead atoms. The molecule has 2 nitrogen and oxygen atoms in total. The largest absolute Gasteiger partial charge is 0.379 e. The summed E-state index contributed by atoms with van der Waals surface area (Å²) in [6.45, 7) is 6.99. The molecule has 0 N–H and O–H groups in total. The molecule has 13 heavy (non-hydrogen) atoms. The number of nitrogens with zero attached hydrogens (tertiary/aromatic N) is 1. The fourth-order valence-electron chi connectivity index (χ4n) is 1.62. The molecule has 74 valence electrons. The van der Waals surface area contributed by atoms with Crippen molar-refractivity contribution in [3.63, 3.8) is 0 Å². The van der Waals surface area contributed by atoms with E-state index >= 15 is 0 Å². The molecule has 0 saturated carbocycles. The van der Waals surface area contributed by atoms with Crippen molar-refractivity contribution in [2.24, 2.45) is 5.92 Å². The fraction of sp³-hybridized carbons (Fsp3) is 0.818. The van der Waals surface area contributed by atoms with Crippen LogP contribution in [0.25, 0.3) is 0 Å². The molecular formula is C11H19NO. The molecule has 1 fully saturated rings. The van der Waals surface area contributed by atoms with E-state index in [4.69, 9.17) is 11.2 Å². The van der Waals surface area contributed by atoms with E-state index in [-0.39, 0.29) is 0 Å². The van der Waals surface area contributed by atoms with Gasteiger partial charge in [-0.2, -0.15) is 0 Å². The molecule has 0 amide bonds. The van der Waals surface area contributed by atoms with Crippen molar-refractivity contribution in [2.75, 3.05) is 19.8 Å². The number of hydrogen-bond donors (Lipinski definition) is 0. The summed E-state index contributed by atoms with van der Waals surface area (Å²) >= 11 is 0. The molecule has 1 unspecified atom stereocenters. The minimum atomic E-state index is 0.462. The Morgan fingerprint density at radius 2 is 2.38 bits per heavy atom. The normalized spacial score (nSPS) is 22.3. The van der Waals surface area contributed by atoms with Crippen molar-refractivity contribution >= 4 is 0 Å². The van der Waals surface area contributed by atoms with E-state index in [9.17, 15) is 0 Å². The van der Waals surface area contributed by atoms with Crippen molar-refractivity contribution in [1.29, 1.82) is 0 Å². The Kier molecular flexibility index (Phi) is 4.11. The molecule has 1 rings (SSSR count). The lowest BCUT2D eigenvalue weighted by molar-refractivity contribution is 0.0758. The van der Waals surface area contributed by atoms with Gasteiger partial charge in [0.1, 0.15) is 0 Å². The van der Waals surface area contributed by atoms with Gasteiger partial charge in [-0.25, -0.2) is 0 Å². The van der Waals surface area contributed by atoms with Gasteiger partial charge >= 0.3 is 0 Å². The predicted molar refractivity (Wildman–Crippen MR) is 54.2 cm³/mol. The first kappa shape index (κ1) is 10.4. The molecule has 0 spiro atoms. The third-order valence-electron chi connectivity index (χ3n) is 2.30. The molecular weight excluding hydrogens is 162 g/mol. The van der Waals surface area contributed by atoms with Crippen molar-refractivity contribution in [3.05, 3.63) is 0 Å². The zero-order valence-corrected chi connectivity index (χ0v) is 8.62. The lowest BCUT2D eigenvalue weighted by Crippen LogP contribution is -2.29. The Morgan fingerprint density at radius 3 is 3.00 bits per heavy atom. The third kappa shape index (κ3) is 3.28. The highest BCUT2D eigenvalue weighted by atomic mass is 16.5. The summed E-state index contributed by atoms with van der Waals surface area (Å²) in [6, 6.07) is 3.17. The monoisotopic (exact) mass is 181 g/mol. The summed E-state index contributed by atoms with van der Waals surface area (Å²) in [5, 5.41) is 0. The lowest BCUT2D eigenvalue weighted by Gasteiger charge is -2.20. The van der Waals surface area contributed by atoms with Gasteiger partial charge in [0.05, 0.1) is 12.6 Å². The maximum atomic E-state index is 5.57. The quantitative estimate of drug-likeness (QED) is 0.612. The van der Waals surface area contributed by atoms with E-state index in [0.29, 0.717) is 12.0 Å². The van der Waals surface area contributed by atoms with Crippen molar-refractivity contribution in [1.82, 2.24) is 4.90 Å². The fourth-order valence-corrected chi connectivity index (χ4v) is 1.62. The zero-order chi connectivity index (χ0) is 9.68. The first-order chi connectivity index (χ1) is 6.24. The number of hydrogen-bond acceptors (Lipinski definition) is 2. The summed E-state index contributed by atoms with van der Waals surface area (Å²) < 4.78 is 5.57. The summed E-state index contributed by atoms with van der Waals surface area (Å²) in [7, 11) is 0. The van der Waals surface area contributed by atoms with Gasteiger partial charge in [-0.3, -0.25) is 0 Å². The van der Waals surface area contributed by atoms with E-state index < -0.39 is 0 Å². The van der Waals surface area contributed by atoms with E-state index in [2.05, 4.69) is 24.8 Å². The van der Waals surface area contributed by atoms with Gasteiger partial charge in [0, 0.05) is 19.2 Å². The van der Waals surface area contributed by atoms with Crippen LogP contribution in [0.15, 0.2) is 0 Å². The molecule has 1 heterocycles. The Morgan fingerprint density at radius 1 is 1.62 bits per heavy atom. The number of terminal acetylenes is 1. The average molecular weight is 181 g/mol. The maximum absolute atomic E-state index is 5.57. The van der Waals surface area contributed by atoms with Crippen LogP contribution in [0.2, 0.25) is 0 Å². The number of ether oxygens (including phenoxy) is 1. The Hall–Kier alpha value is -0.680. The number of likely N-dealkylation sites (tertiary alicyclic amines) is 1. The van der Waals surface area contributed by atoms with E-state index in [0.717, 1.165) is 19.8 Å². The van der Waals surface area contributed by atoms with Gasteiger partial charge in [0.25, 0.3) is 0 Å². The topological polar surface area (TPSA) is 12.5 Å². The van der Waals surface area contributed by atoms with Crippen LogP contribution in [0.3, 0.4) is 0 Å². The van der Waals surface area contributed by atoms with Crippen molar-refractivity contribution < 1.29 is 4.74 Å². The van der Waals surface area contributed by atoms with Gasteiger partial charge in [0.15, 0.2) is 0 Å². The van der Waals surface area contributed by atoms with Crippen LogP contribution in [0.4, 0.5) is 0 Å². The summed E-state index contributed by atoms with van der Waals surface area (Å²) in [5.74, 6) is 0.612. The van der Waals surface area contributed by atoms with Gasteiger partial charge in [-0.15, -0.1) is 0 Å². The smallest absolute Gasteiger partial charge is 0.0677 e. The van der Waals surface area contributed by atoms with Crippen LogP contribution in [0.1, 0.15) is 26.7 Å². The van der Waals surface area contributed by atoms with Crippen LogP contribution in [-0.4, -0.2) is 30.7 Å². The van der Waals surface area contributed by atoms with Crippen LogP contribution < -0.4 is 0 Å². The van der Waals surface area contributed by atoms with E-state index in [1.807, 2.05) is 0 Å². The van der Waals surface area contributed by atoms with Crippen molar-refractivity contribution in [2.45, 2.75) is 32.7 Å². The van der Waals surface area contributed by atoms with Gasteiger partial charge in [0.2, 0.25) is 0 Å². The average Bonchev–Trinajstić information content (AvgIpc) is 2.51. The molecule has 1 saturated heterocycles. The maximum Gasteiger partial charge on any atom is 0.0677 e. The molecule has 0 aromatic heterocycles. The minimum Gasteiger partial charge on any atom is -0.379 e. The molecule has 1 atom stereocenters. The van der Waals surface area contributed by atoms with Crippen LogP contribution in [-0.2, 0) is 4.74 Å². The third-order valence-corrected chi connectivity index (χ3v) is 2.30. The van der Waals surface area contributed by atoms with Crippen LogP contribution >= 0.6 is 0 Å². The van der Waals surface area contributed by atoms with Gasteiger partial charge < -0.3 is 9.64 Å². The molecule has 2 heteroatoms. The minimum absolute atomic E-state index is 0.462. The molecule has 0 aromatic rings. The van der Waals surface area contributed by atoms with E-state index in [1.54, 1.807) is 0 Å². The summed E-state index contributed by atoms with van der Waals surface area (Å²) in [4.78, 5) is 2.06. The Bertz CT molecular complexity index is 183. The second-order valence-corrected chi connectivity index (χ2v) is 4.05. The Balaban J connectivity index is 2.17. The lowest BCUT2D eigenvalue weighted by atomic mass is 10.2. The van der Waals surface area contributed by atoms with Gasteiger partial charge in [-0.05, 0) is 18.8 Å². The molecule has 0 aromatic carbocycles. The SMILES string of the molecule is C#CN1CCCC1COCC(C)C. The van der Waals surface area contributed by atoms with Crippen LogP contribution in [0.5, 0.6) is 0 Å². The Labute approximate surface area is 81.3 Å². The number of rotatable bonds is 4. The highest BCUT2D eigenvalue weighted by Crippen LogP contribution is 2.16. The standard InChI is InChI=1S/C11H19NO/c1-4-12-7-5-6-11(12)9-13-8-10(2)3/h1,10-11H,5-9H2,2-3H3. The molecule has 0 radical (unpaired) electrons. The summed E-state index contributed by atoms with van der Waals surface area (Å²) in [6.07, 6.45) is 7.77. The summed E-state index contributed by atoms with van der Waals surface area (Å²) in [5.41, 5.74) is 0. The molecule has 1 aliphatic rings. The highest BCUT2D eigenvalue weighted by molar-refractivity contribution is 4.93. The van der Waals surface area contributed by atoms with E-state index in [1.165, 1.54) is 12.8 Å². The zero-order valence-electron chi connectivity index (χ0n) is 8.62. The predicted octanol–water partition coefficient (Wildman–Crippen LogP) is 1.71. The second-order valence-electron chi connectivity index (χ2n) is 4.05. The van der Waals surface area contributed by atoms with Gasteiger partial charge in [-0.1, -0.05) is 20.3 Å². The first-order valence-electron chi connectivity index (χ1n) is 5.04. The van der Waals surface area contributed by atoms with Crippen molar-refractivity contribution in [3.8, 4) is 12.5 Å².